The Hall–Kier alpha value is -2.01. The van der Waals surface area contributed by atoms with Gasteiger partial charge in [0.2, 0.25) is 5.95 Å². The molecule has 1 aromatic carbocycles. The van der Waals surface area contributed by atoms with Gasteiger partial charge in [-0.15, -0.1) is 0 Å². The predicted octanol–water partition coefficient (Wildman–Crippen LogP) is 3.22. The molecule has 94 valence electrons. The number of nitrogens with zero attached hydrogens (tertiary/aromatic N) is 4. The Labute approximate surface area is 119 Å². The van der Waals surface area contributed by atoms with Crippen LogP contribution in [0.5, 0.6) is 0 Å². The van der Waals surface area contributed by atoms with Crippen LogP contribution in [0.15, 0.2) is 55.1 Å². The van der Waals surface area contributed by atoms with Crippen molar-refractivity contribution in [3.05, 3.63) is 60.7 Å². The summed E-state index contributed by atoms with van der Waals surface area (Å²) in [6.45, 7) is 0. The smallest absolute Gasteiger partial charge is 0.219 e. The number of halogens is 1. The van der Waals surface area contributed by atoms with Crippen molar-refractivity contribution in [3.8, 4) is 17.1 Å². The highest BCUT2D eigenvalue weighted by atomic mass is 79.9. The third-order valence-electron chi connectivity index (χ3n) is 2.74. The molecule has 0 saturated heterocycles. The Bertz CT molecular complexity index is 661. The molecule has 0 fully saturated rings. The average molecular weight is 315 g/mol. The van der Waals surface area contributed by atoms with Crippen molar-refractivity contribution in [1.82, 2.24) is 19.7 Å². The summed E-state index contributed by atoms with van der Waals surface area (Å²) in [5, 5.41) is 5.05. The van der Waals surface area contributed by atoms with Crippen molar-refractivity contribution >= 4 is 15.9 Å². The Kier molecular flexibility index (Phi) is 3.37. The molecule has 0 N–H and O–H groups in total. The lowest BCUT2D eigenvalue weighted by Gasteiger charge is -1.99. The zero-order valence-corrected chi connectivity index (χ0v) is 11.7. The van der Waals surface area contributed by atoms with Crippen LogP contribution in [-0.2, 0) is 5.33 Å². The maximum absolute atomic E-state index is 4.30. The van der Waals surface area contributed by atoms with E-state index in [-0.39, 0.29) is 0 Å². The van der Waals surface area contributed by atoms with Crippen LogP contribution in [0.2, 0.25) is 0 Å². The fourth-order valence-corrected chi connectivity index (χ4v) is 2.04. The molecule has 0 radical (unpaired) electrons. The summed E-state index contributed by atoms with van der Waals surface area (Å²) in [6.07, 6.45) is 7.33. The van der Waals surface area contributed by atoms with Gasteiger partial charge in [-0.25, -0.2) is 14.6 Å². The number of rotatable bonds is 3. The first-order valence-corrected chi connectivity index (χ1v) is 6.96. The third-order valence-corrected chi connectivity index (χ3v) is 3.39. The maximum Gasteiger partial charge on any atom is 0.250 e. The van der Waals surface area contributed by atoms with Gasteiger partial charge in [0.05, 0.1) is 6.20 Å². The highest BCUT2D eigenvalue weighted by Gasteiger charge is 2.05. The van der Waals surface area contributed by atoms with Crippen LogP contribution in [0.25, 0.3) is 17.1 Å². The topological polar surface area (TPSA) is 43.6 Å². The molecule has 0 aliphatic rings. The minimum atomic E-state index is 0.576. The molecule has 5 heteroatoms. The Morgan fingerprint density at radius 3 is 2.37 bits per heavy atom. The molecule has 0 spiro atoms. The van der Waals surface area contributed by atoms with E-state index in [2.05, 4.69) is 43.1 Å². The van der Waals surface area contributed by atoms with Crippen molar-refractivity contribution in [2.45, 2.75) is 5.33 Å². The van der Waals surface area contributed by atoms with Gasteiger partial charge in [-0.3, -0.25) is 0 Å². The molecule has 0 unspecified atom stereocenters. The van der Waals surface area contributed by atoms with Crippen molar-refractivity contribution in [2.75, 3.05) is 0 Å². The van der Waals surface area contributed by atoms with Crippen molar-refractivity contribution < 1.29 is 0 Å². The molecule has 2 aromatic heterocycles. The zero-order chi connectivity index (χ0) is 13.1. The fourth-order valence-electron chi connectivity index (χ4n) is 1.75. The average Bonchev–Trinajstić information content (AvgIpc) is 2.98. The van der Waals surface area contributed by atoms with Gasteiger partial charge in [0, 0.05) is 29.5 Å². The highest BCUT2D eigenvalue weighted by molar-refractivity contribution is 9.08. The summed E-state index contributed by atoms with van der Waals surface area (Å²) in [6, 6.07) is 10.1. The summed E-state index contributed by atoms with van der Waals surface area (Å²) < 4.78 is 1.68. The first-order chi connectivity index (χ1) is 9.36. The van der Waals surface area contributed by atoms with E-state index in [4.69, 9.17) is 0 Å². The highest BCUT2D eigenvalue weighted by Crippen LogP contribution is 2.18. The van der Waals surface area contributed by atoms with Gasteiger partial charge in [0.1, 0.15) is 0 Å². The van der Waals surface area contributed by atoms with Crippen molar-refractivity contribution in [2.24, 2.45) is 0 Å². The minimum Gasteiger partial charge on any atom is -0.219 e. The van der Waals surface area contributed by atoms with Crippen LogP contribution in [0.1, 0.15) is 5.56 Å². The SMILES string of the molecule is BrCc1cnc(-n2cc(-c3ccccc3)cn2)nc1. The second-order valence-corrected chi connectivity index (χ2v) is 4.63. The number of alkyl halides is 1. The Balaban J connectivity index is 1.92. The molecule has 0 amide bonds. The van der Waals surface area contributed by atoms with E-state index in [1.54, 1.807) is 17.1 Å². The first-order valence-electron chi connectivity index (χ1n) is 5.84. The lowest BCUT2D eigenvalue weighted by molar-refractivity contribution is 0.805. The molecule has 19 heavy (non-hydrogen) atoms. The molecule has 0 saturated carbocycles. The lowest BCUT2D eigenvalue weighted by Crippen LogP contribution is -2.01. The summed E-state index contributed by atoms with van der Waals surface area (Å²) in [7, 11) is 0. The predicted molar refractivity (Wildman–Crippen MR) is 77.2 cm³/mol. The second-order valence-electron chi connectivity index (χ2n) is 4.06. The van der Waals surface area contributed by atoms with Gasteiger partial charge >= 0.3 is 0 Å². The minimum absolute atomic E-state index is 0.576. The van der Waals surface area contributed by atoms with E-state index < -0.39 is 0 Å². The molecule has 2 heterocycles. The van der Waals surface area contributed by atoms with E-state index in [9.17, 15) is 0 Å². The summed E-state index contributed by atoms with van der Waals surface area (Å²) in [4.78, 5) is 8.57. The van der Waals surface area contributed by atoms with Gasteiger partial charge in [-0.1, -0.05) is 46.3 Å². The number of hydrogen-bond donors (Lipinski definition) is 0. The molecule has 0 aliphatic heterocycles. The van der Waals surface area contributed by atoms with Gasteiger partial charge in [-0.05, 0) is 11.1 Å². The Morgan fingerprint density at radius 1 is 0.947 bits per heavy atom. The number of aromatic nitrogens is 4. The van der Waals surface area contributed by atoms with Crippen LogP contribution in [-0.4, -0.2) is 19.7 Å². The molecule has 4 nitrogen and oxygen atoms in total. The van der Waals surface area contributed by atoms with E-state index in [0.717, 1.165) is 22.0 Å². The largest absolute Gasteiger partial charge is 0.250 e. The first kappa shape index (κ1) is 12.0. The number of hydrogen-bond acceptors (Lipinski definition) is 3. The van der Waals surface area contributed by atoms with E-state index >= 15 is 0 Å². The number of benzene rings is 1. The van der Waals surface area contributed by atoms with Crippen LogP contribution >= 0.6 is 15.9 Å². The lowest BCUT2D eigenvalue weighted by atomic mass is 10.1. The van der Waals surface area contributed by atoms with Gasteiger partial charge in [0.25, 0.3) is 0 Å². The molecular weight excluding hydrogens is 304 g/mol. The molecule has 0 bridgehead atoms. The third kappa shape index (κ3) is 2.56. The second kappa shape index (κ2) is 5.32. The monoisotopic (exact) mass is 314 g/mol. The molecular formula is C14H11BrN4. The van der Waals surface area contributed by atoms with Crippen molar-refractivity contribution in [1.29, 1.82) is 0 Å². The van der Waals surface area contributed by atoms with E-state index in [1.807, 2.05) is 30.6 Å². The van der Waals surface area contributed by atoms with Crippen LogP contribution in [0.4, 0.5) is 0 Å². The Morgan fingerprint density at radius 2 is 1.68 bits per heavy atom. The standard InChI is InChI=1S/C14H11BrN4/c15-6-11-7-16-14(17-8-11)19-10-13(9-18-19)12-4-2-1-3-5-12/h1-5,7-10H,6H2. The summed E-state index contributed by atoms with van der Waals surface area (Å²) in [5.41, 5.74) is 3.22. The van der Waals surface area contributed by atoms with Gasteiger partial charge in [0.15, 0.2) is 0 Å². The van der Waals surface area contributed by atoms with Gasteiger partial charge in [-0.2, -0.15) is 5.10 Å². The van der Waals surface area contributed by atoms with Crippen molar-refractivity contribution in [3.63, 3.8) is 0 Å². The molecule has 3 rings (SSSR count). The van der Waals surface area contributed by atoms with Crippen LogP contribution in [0, 0.1) is 0 Å². The molecule has 0 aliphatic carbocycles. The van der Waals surface area contributed by atoms with E-state index in [0.29, 0.717) is 5.95 Å². The fraction of sp³-hybridized carbons (Fsp3) is 0.0714. The molecule has 0 atom stereocenters. The maximum atomic E-state index is 4.30. The quantitative estimate of drug-likeness (QED) is 0.697. The van der Waals surface area contributed by atoms with E-state index in [1.165, 1.54) is 0 Å². The normalized spacial score (nSPS) is 10.6. The summed E-state index contributed by atoms with van der Waals surface area (Å²) in [5.74, 6) is 0.576. The molecule has 3 aromatic rings. The zero-order valence-electron chi connectivity index (χ0n) is 10.1. The van der Waals surface area contributed by atoms with Crippen LogP contribution < -0.4 is 0 Å². The van der Waals surface area contributed by atoms with Crippen LogP contribution in [0.3, 0.4) is 0 Å². The van der Waals surface area contributed by atoms with Gasteiger partial charge < -0.3 is 0 Å². The summed E-state index contributed by atoms with van der Waals surface area (Å²) >= 11 is 3.37.